The molecule has 0 bridgehead atoms. The minimum atomic E-state index is -3.68. The molecule has 2 aromatic rings. The van der Waals surface area contributed by atoms with Gasteiger partial charge < -0.3 is 5.73 Å². The van der Waals surface area contributed by atoms with Crippen LogP contribution in [0.2, 0.25) is 0 Å². The van der Waals surface area contributed by atoms with Crippen molar-refractivity contribution < 1.29 is 8.42 Å². The van der Waals surface area contributed by atoms with Crippen molar-refractivity contribution in [2.24, 2.45) is 5.73 Å². The summed E-state index contributed by atoms with van der Waals surface area (Å²) in [7, 11) is -3.68. The molecule has 0 atom stereocenters. The fourth-order valence-corrected chi connectivity index (χ4v) is 3.85. The Morgan fingerprint density at radius 1 is 1.08 bits per heavy atom. The molecule has 0 heterocycles. The molecule has 0 aliphatic heterocycles. The van der Waals surface area contributed by atoms with Crippen LogP contribution in [0, 0.1) is 11.3 Å². The number of sulfonamides is 1. The summed E-state index contributed by atoms with van der Waals surface area (Å²) in [5.41, 5.74) is 7.51. The summed E-state index contributed by atoms with van der Waals surface area (Å²) in [6.07, 6.45) is 0. The minimum absolute atomic E-state index is 0.159. The zero-order valence-corrected chi connectivity index (χ0v) is 14.8. The van der Waals surface area contributed by atoms with Gasteiger partial charge >= 0.3 is 0 Å². The van der Waals surface area contributed by atoms with Gasteiger partial charge in [0.25, 0.3) is 10.0 Å². The van der Waals surface area contributed by atoms with E-state index in [4.69, 9.17) is 11.0 Å². The van der Waals surface area contributed by atoms with E-state index >= 15 is 0 Å². The van der Waals surface area contributed by atoms with Crippen LogP contribution >= 0.6 is 0 Å². The molecule has 24 heavy (non-hydrogen) atoms. The van der Waals surface area contributed by atoms with Crippen molar-refractivity contribution in [3.8, 4) is 6.07 Å². The van der Waals surface area contributed by atoms with Crippen molar-refractivity contribution >= 4 is 15.7 Å². The molecule has 0 fully saturated rings. The maximum atomic E-state index is 12.9. The highest BCUT2D eigenvalue weighted by Gasteiger charge is 2.24. The monoisotopic (exact) mass is 343 g/mol. The molecule has 6 heteroatoms. The summed E-state index contributed by atoms with van der Waals surface area (Å²) in [4.78, 5) is 0.159. The van der Waals surface area contributed by atoms with E-state index in [0.717, 1.165) is 5.56 Å². The molecule has 2 N–H and O–H groups in total. The predicted molar refractivity (Wildman–Crippen MR) is 95.0 cm³/mol. The molecule has 0 saturated carbocycles. The topological polar surface area (TPSA) is 87.2 Å². The lowest BCUT2D eigenvalue weighted by Crippen LogP contribution is -2.31. The molecule has 126 valence electrons. The van der Waals surface area contributed by atoms with E-state index in [9.17, 15) is 8.42 Å². The van der Waals surface area contributed by atoms with Gasteiger partial charge in [0.2, 0.25) is 0 Å². The molecule has 2 rings (SSSR count). The lowest BCUT2D eigenvalue weighted by Gasteiger charge is -2.25. The molecule has 0 aromatic heterocycles. The maximum absolute atomic E-state index is 12.9. The smallest absolute Gasteiger partial charge is 0.264 e. The largest absolute Gasteiger partial charge is 0.322 e. The number of hydrogen-bond acceptors (Lipinski definition) is 4. The first-order valence-electron chi connectivity index (χ1n) is 7.62. The summed E-state index contributed by atoms with van der Waals surface area (Å²) in [6, 6.07) is 15.1. The SMILES string of the molecule is CCN(c1ccc(C(C)(C)N)cc1)S(=O)(=O)c1ccc(C#N)cc1. The highest BCUT2D eigenvalue weighted by atomic mass is 32.2. The van der Waals surface area contributed by atoms with Crippen molar-refractivity contribution in [3.05, 3.63) is 59.7 Å². The number of hydrogen-bond donors (Lipinski definition) is 1. The van der Waals surface area contributed by atoms with Gasteiger partial charge in [0, 0.05) is 12.1 Å². The molecule has 0 spiro atoms. The zero-order valence-electron chi connectivity index (χ0n) is 14.0. The molecule has 5 nitrogen and oxygen atoms in total. The van der Waals surface area contributed by atoms with Gasteiger partial charge in [0.15, 0.2) is 0 Å². The molecule has 0 aliphatic rings. The molecule has 0 aliphatic carbocycles. The van der Waals surface area contributed by atoms with Crippen molar-refractivity contribution in [1.29, 1.82) is 5.26 Å². The van der Waals surface area contributed by atoms with Crippen molar-refractivity contribution in [2.45, 2.75) is 31.2 Å². The average Bonchev–Trinajstić information content (AvgIpc) is 2.55. The molecule has 0 amide bonds. The molecular weight excluding hydrogens is 322 g/mol. The van der Waals surface area contributed by atoms with Crippen molar-refractivity contribution in [2.75, 3.05) is 10.8 Å². The lowest BCUT2D eigenvalue weighted by molar-refractivity contribution is 0.554. The number of nitriles is 1. The molecule has 0 radical (unpaired) electrons. The van der Waals surface area contributed by atoms with Crippen LogP contribution < -0.4 is 10.0 Å². The van der Waals surface area contributed by atoms with Gasteiger partial charge in [0.05, 0.1) is 22.2 Å². The minimum Gasteiger partial charge on any atom is -0.322 e. The van der Waals surface area contributed by atoms with Gasteiger partial charge in [-0.1, -0.05) is 12.1 Å². The van der Waals surface area contributed by atoms with Crippen LogP contribution in [0.4, 0.5) is 5.69 Å². The highest BCUT2D eigenvalue weighted by Crippen LogP contribution is 2.26. The van der Waals surface area contributed by atoms with E-state index in [1.807, 2.05) is 32.0 Å². The van der Waals surface area contributed by atoms with Crippen LogP contribution in [0.15, 0.2) is 53.4 Å². The Morgan fingerprint density at radius 2 is 1.62 bits per heavy atom. The van der Waals surface area contributed by atoms with E-state index in [-0.39, 0.29) is 4.90 Å². The summed E-state index contributed by atoms with van der Waals surface area (Å²) in [5, 5.41) is 8.84. The predicted octanol–water partition coefficient (Wildman–Crippen LogP) is 2.97. The number of nitrogens with two attached hydrogens (primary N) is 1. The van der Waals surface area contributed by atoms with E-state index in [2.05, 4.69) is 0 Å². The fraction of sp³-hybridized carbons (Fsp3) is 0.278. The summed E-state index contributed by atoms with van der Waals surface area (Å²) < 4.78 is 27.1. The van der Waals surface area contributed by atoms with Crippen molar-refractivity contribution in [1.82, 2.24) is 0 Å². The Morgan fingerprint density at radius 3 is 2.04 bits per heavy atom. The van der Waals surface area contributed by atoms with Crippen LogP contribution in [0.1, 0.15) is 31.9 Å². The van der Waals surface area contributed by atoms with E-state index in [1.165, 1.54) is 28.6 Å². The second-order valence-corrected chi connectivity index (χ2v) is 7.94. The maximum Gasteiger partial charge on any atom is 0.264 e. The standard InChI is InChI=1S/C18H21N3O2S/c1-4-21(16-9-7-15(8-10-16)18(2,3)20)24(22,23)17-11-5-14(13-19)6-12-17/h5-12H,4,20H2,1-3H3. The average molecular weight is 343 g/mol. The molecule has 0 saturated heterocycles. The van der Waals surface area contributed by atoms with E-state index in [0.29, 0.717) is 17.8 Å². The van der Waals surface area contributed by atoms with Gasteiger partial charge in [-0.3, -0.25) is 4.31 Å². The Labute approximate surface area is 143 Å². The second kappa shape index (κ2) is 6.63. The Bertz CT molecular complexity index is 843. The third kappa shape index (κ3) is 3.58. The molecule has 0 unspecified atom stereocenters. The second-order valence-electron chi connectivity index (χ2n) is 6.07. The molecule has 2 aromatic carbocycles. The Hall–Kier alpha value is -2.36. The highest BCUT2D eigenvalue weighted by molar-refractivity contribution is 7.92. The van der Waals surface area contributed by atoms with Crippen LogP contribution in [0.3, 0.4) is 0 Å². The van der Waals surface area contributed by atoms with Crippen molar-refractivity contribution in [3.63, 3.8) is 0 Å². The molecular formula is C18H21N3O2S. The third-order valence-corrected chi connectivity index (χ3v) is 5.68. The van der Waals surface area contributed by atoms with Gasteiger partial charge in [-0.25, -0.2) is 8.42 Å². The fourth-order valence-electron chi connectivity index (χ4n) is 2.38. The first kappa shape index (κ1) is 18.0. The van der Waals surface area contributed by atoms with E-state index in [1.54, 1.807) is 19.1 Å². The summed E-state index contributed by atoms with van der Waals surface area (Å²) in [5.74, 6) is 0. The number of benzene rings is 2. The first-order valence-corrected chi connectivity index (χ1v) is 9.06. The Balaban J connectivity index is 2.41. The Kier molecular flexibility index (Phi) is 4.97. The zero-order chi connectivity index (χ0) is 18.0. The van der Waals surface area contributed by atoms with Gasteiger partial charge in [-0.05, 0) is 62.7 Å². The lowest BCUT2D eigenvalue weighted by atomic mass is 9.96. The number of anilines is 1. The summed E-state index contributed by atoms with van der Waals surface area (Å²) in [6.45, 7) is 5.87. The van der Waals surface area contributed by atoms with Crippen LogP contribution in [0.5, 0.6) is 0 Å². The summed E-state index contributed by atoms with van der Waals surface area (Å²) >= 11 is 0. The first-order chi connectivity index (χ1) is 11.2. The van der Waals surface area contributed by atoms with Crippen LogP contribution in [0.25, 0.3) is 0 Å². The van der Waals surface area contributed by atoms with Gasteiger partial charge in [-0.15, -0.1) is 0 Å². The third-order valence-electron chi connectivity index (χ3n) is 3.76. The number of nitrogens with zero attached hydrogens (tertiary/aromatic N) is 2. The van der Waals surface area contributed by atoms with Crippen LogP contribution in [-0.2, 0) is 15.6 Å². The number of rotatable bonds is 5. The van der Waals surface area contributed by atoms with Gasteiger partial charge in [-0.2, -0.15) is 5.26 Å². The normalized spacial score (nSPS) is 11.8. The van der Waals surface area contributed by atoms with E-state index < -0.39 is 15.6 Å². The quantitative estimate of drug-likeness (QED) is 0.904. The van der Waals surface area contributed by atoms with Crippen LogP contribution in [-0.4, -0.2) is 15.0 Å². The van der Waals surface area contributed by atoms with Gasteiger partial charge in [0.1, 0.15) is 0 Å².